The van der Waals surface area contributed by atoms with E-state index in [4.69, 9.17) is 20.6 Å². The number of nitriles is 1. The van der Waals surface area contributed by atoms with Gasteiger partial charge >= 0.3 is 11.9 Å². The number of aliphatic carboxylic acids is 2. The van der Waals surface area contributed by atoms with E-state index in [2.05, 4.69) is 0 Å². The average molecular weight is 215 g/mol. The molecule has 2 atom stereocenters. The summed E-state index contributed by atoms with van der Waals surface area (Å²) in [6, 6.07) is 1.25. The molecule has 0 aliphatic carbocycles. The van der Waals surface area contributed by atoms with Crippen LogP contribution in [-0.4, -0.2) is 39.1 Å². The number of Topliss-reactive ketones (excluding diaryl/α,β-unsaturated/α-hetero) is 1. The Morgan fingerprint density at radius 2 is 1.73 bits per heavy atom. The van der Waals surface area contributed by atoms with E-state index in [9.17, 15) is 14.4 Å². The normalized spacial score (nSPS) is 13.6. The Labute approximate surface area is 84.6 Å². The monoisotopic (exact) mass is 215 g/mol. The van der Waals surface area contributed by atoms with E-state index >= 15 is 0 Å². The van der Waals surface area contributed by atoms with Gasteiger partial charge in [-0.2, -0.15) is 5.26 Å². The zero-order chi connectivity index (χ0) is 12.0. The minimum absolute atomic E-state index is 0.656. The molecule has 0 aliphatic rings. The van der Waals surface area contributed by atoms with Crippen LogP contribution in [0.2, 0.25) is 0 Å². The van der Waals surface area contributed by atoms with Gasteiger partial charge < -0.3 is 15.3 Å². The first-order chi connectivity index (χ1) is 6.88. The van der Waals surface area contributed by atoms with Crippen LogP contribution in [0.25, 0.3) is 0 Å². The quantitative estimate of drug-likeness (QED) is 0.483. The minimum atomic E-state index is -1.85. The van der Waals surface area contributed by atoms with Crippen LogP contribution in [0.4, 0.5) is 0 Å². The highest BCUT2D eigenvalue weighted by molar-refractivity contribution is 6.01. The van der Waals surface area contributed by atoms with Crippen LogP contribution in [0.5, 0.6) is 0 Å². The molecule has 0 aliphatic heterocycles. The van der Waals surface area contributed by atoms with Gasteiger partial charge in [-0.1, -0.05) is 0 Å². The molecule has 0 aromatic rings. The molecular weight excluding hydrogens is 206 g/mol. The number of hydrogen-bond acceptors (Lipinski definition) is 5. The number of carbonyl (C=O) groups excluding carboxylic acids is 1. The molecule has 3 N–H and O–H groups in total. The summed E-state index contributed by atoms with van der Waals surface area (Å²) in [6.07, 6.45) is -2.79. The van der Waals surface area contributed by atoms with Crippen molar-refractivity contribution in [2.75, 3.05) is 0 Å². The summed E-state index contributed by atoms with van der Waals surface area (Å²) in [6.45, 7) is 0. The van der Waals surface area contributed by atoms with E-state index in [1.165, 1.54) is 6.07 Å². The molecule has 0 fully saturated rings. The van der Waals surface area contributed by atoms with Gasteiger partial charge in [-0.15, -0.1) is 0 Å². The molecule has 7 heteroatoms. The van der Waals surface area contributed by atoms with Crippen LogP contribution >= 0.6 is 0 Å². The van der Waals surface area contributed by atoms with Gasteiger partial charge in [0.15, 0.2) is 5.78 Å². The molecule has 0 radical (unpaired) electrons. The largest absolute Gasteiger partial charge is 0.481 e. The molecule has 0 heterocycles. The fourth-order valence-corrected chi connectivity index (χ4v) is 0.889. The zero-order valence-electron chi connectivity index (χ0n) is 7.58. The Morgan fingerprint density at radius 3 is 2.07 bits per heavy atom. The van der Waals surface area contributed by atoms with Gasteiger partial charge in [-0.3, -0.25) is 14.4 Å². The van der Waals surface area contributed by atoms with E-state index in [0.29, 0.717) is 0 Å². The van der Waals surface area contributed by atoms with E-state index < -0.39 is 42.6 Å². The summed E-state index contributed by atoms with van der Waals surface area (Å²) < 4.78 is 0. The zero-order valence-corrected chi connectivity index (χ0v) is 7.58. The predicted molar refractivity (Wildman–Crippen MR) is 44.6 cm³/mol. The van der Waals surface area contributed by atoms with Gasteiger partial charge in [-0.05, 0) is 0 Å². The first kappa shape index (κ1) is 13.1. The summed E-state index contributed by atoms with van der Waals surface area (Å²) >= 11 is 0. The Kier molecular flexibility index (Phi) is 4.98. The highest BCUT2D eigenvalue weighted by Crippen LogP contribution is 2.06. The topological polar surface area (TPSA) is 136 Å². The van der Waals surface area contributed by atoms with Gasteiger partial charge in [0.25, 0.3) is 0 Å². The summed E-state index contributed by atoms with van der Waals surface area (Å²) in [7, 11) is 0. The van der Waals surface area contributed by atoms with Crippen molar-refractivity contribution in [3.8, 4) is 6.07 Å². The third-order valence-corrected chi connectivity index (χ3v) is 1.55. The number of aliphatic hydroxyl groups excluding tert-OH is 1. The number of nitrogens with zero attached hydrogens (tertiary/aromatic N) is 1. The fourth-order valence-electron chi connectivity index (χ4n) is 0.889. The standard InChI is InChI=1S/C8H9NO6/c9-3-5(8(14)15)6(11)1-4(10)2-7(12)13/h4-5,10H,1-2H2,(H,12,13)(H,14,15)/t4-,5?/m1/s1. The third kappa shape index (κ3) is 4.73. The Balaban J connectivity index is 4.30. The van der Waals surface area contributed by atoms with Crippen LogP contribution < -0.4 is 0 Å². The molecule has 7 nitrogen and oxygen atoms in total. The number of carboxylic acid groups (broad SMARTS) is 2. The molecule has 0 amide bonds. The van der Waals surface area contributed by atoms with E-state index in [0.717, 1.165) is 0 Å². The molecule has 0 bridgehead atoms. The Morgan fingerprint density at radius 1 is 1.20 bits per heavy atom. The van der Waals surface area contributed by atoms with Gasteiger partial charge in [0.2, 0.25) is 5.92 Å². The highest BCUT2D eigenvalue weighted by atomic mass is 16.4. The lowest BCUT2D eigenvalue weighted by Gasteiger charge is -2.07. The number of rotatable bonds is 6. The van der Waals surface area contributed by atoms with E-state index in [1.54, 1.807) is 0 Å². The van der Waals surface area contributed by atoms with E-state index in [1.807, 2.05) is 0 Å². The number of aliphatic hydroxyl groups is 1. The molecule has 0 saturated heterocycles. The maximum absolute atomic E-state index is 11.1. The van der Waals surface area contributed by atoms with Crippen LogP contribution in [-0.2, 0) is 14.4 Å². The second-order valence-electron chi connectivity index (χ2n) is 2.82. The third-order valence-electron chi connectivity index (χ3n) is 1.55. The first-order valence-corrected chi connectivity index (χ1v) is 3.93. The number of carbonyl (C=O) groups is 3. The molecular formula is C8H9NO6. The molecule has 0 aromatic heterocycles. The molecule has 0 rings (SSSR count). The van der Waals surface area contributed by atoms with Crippen molar-refractivity contribution >= 4 is 17.7 Å². The summed E-state index contributed by atoms with van der Waals surface area (Å²) in [5.41, 5.74) is 0. The molecule has 0 spiro atoms. The van der Waals surface area contributed by atoms with Crippen molar-refractivity contribution in [2.24, 2.45) is 5.92 Å². The smallest absolute Gasteiger partial charge is 0.328 e. The van der Waals surface area contributed by atoms with Crippen LogP contribution in [0.1, 0.15) is 12.8 Å². The summed E-state index contributed by atoms with van der Waals surface area (Å²) in [5, 5.41) is 34.0. The average Bonchev–Trinajstić information content (AvgIpc) is 2.01. The van der Waals surface area contributed by atoms with Crippen LogP contribution in [0, 0.1) is 17.2 Å². The van der Waals surface area contributed by atoms with Crippen molar-refractivity contribution < 1.29 is 29.7 Å². The number of hydrogen-bond donors (Lipinski definition) is 3. The van der Waals surface area contributed by atoms with Crippen LogP contribution in [0.15, 0.2) is 0 Å². The van der Waals surface area contributed by atoms with Gasteiger partial charge in [-0.25, -0.2) is 0 Å². The molecule has 1 unspecified atom stereocenters. The van der Waals surface area contributed by atoms with Crippen molar-refractivity contribution in [1.29, 1.82) is 5.26 Å². The second kappa shape index (κ2) is 5.72. The lowest BCUT2D eigenvalue weighted by atomic mass is 9.99. The maximum atomic E-state index is 11.1. The van der Waals surface area contributed by atoms with Gasteiger partial charge in [0.05, 0.1) is 18.6 Å². The summed E-state index contributed by atoms with van der Waals surface area (Å²) in [5.74, 6) is -5.77. The number of ketones is 1. The van der Waals surface area contributed by atoms with Crippen molar-refractivity contribution in [1.82, 2.24) is 0 Å². The van der Waals surface area contributed by atoms with Crippen molar-refractivity contribution in [3.63, 3.8) is 0 Å². The van der Waals surface area contributed by atoms with Gasteiger partial charge in [0.1, 0.15) is 0 Å². The van der Waals surface area contributed by atoms with Crippen molar-refractivity contribution in [2.45, 2.75) is 18.9 Å². The molecule has 15 heavy (non-hydrogen) atoms. The Hall–Kier alpha value is -1.94. The summed E-state index contributed by atoms with van der Waals surface area (Å²) in [4.78, 5) is 31.5. The molecule has 0 aromatic carbocycles. The lowest BCUT2D eigenvalue weighted by Crippen LogP contribution is -2.27. The predicted octanol–water partition coefficient (Wildman–Crippen LogP) is -0.994. The minimum Gasteiger partial charge on any atom is -0.481 e. The molecule has 82 valence electrons. The SMILES string of the molecule is N#CC(C(=O)O)C(=O)C[C@@H](O)CC(=O)O. The van der Waals surface area contributed by atoms with Crippen molar-refractivity contribution in [3.05, 3.63) is 0 Å². The maximum Gasteiger partial charge on any atom is 0.328 e. The molecule has 0 saturated carbocycles. The Bertz CT molecular complexity index is 318. The van der Waals surface area contributed by atoms with E-state index in [-0.39, 0.29) is 0 Å². The first-order valence-electron chi connectivity index (χ1n) is 3.93. The number of carboxylic acids is 2. The van der Waals surface area contributed by atoms with Crippen LogP contribution in [0.3, 0.4) is 0 Å². The fraction of sp³-hybridized carbons (Fsp3) is 0.500. The second-order valence-corrected chi connectivity index (χ2v) is 2.82. The highest BCUT2D eigenvalue weighted by Gasteiger charge is 2.27. The lowest BCUT2D eigenvalue weighted by molar-refractivity contribution is -0.144. The van der Waals surface area contributed by atoms with Gasteiger partial charge in [0, 0.05) is 6.42 Å².